The highest BCUT2D eigenvalue weighted by molar-refractivity contribution is 5.78. The SMILES string of the molecule is NC(=NCCOc1ccc2c(c1)OCO2)N1CCN(c2ncccn2)CC1. The van der Waals surface area contributed by atoms with Crippen molar-refractivity contribution in [1.82, 2.24) is 14.9 Å². The van der Waals surface area contributed by atoms with E-state index in [9.17, 15) is 0 Å². The fourth-order valence-corrected chi connectivity index (χ4v) is 2.98. The molecule has 2 aromatic rings. The predicted octanol–water partition coefficient (Wildman–Crippen LogP) is 0.721. The summed E-state index contributed by atoms with van der Waals surface area (Å²) in [5.41, 5.74) is 6.12. The van der Waals surface area contributed by atoms with Gasteiger partial charge in [-0.25, -0.2) is 15.0 Å². The highest BCUT2D eigenvalue weighted by Gasteiger charge is 2.19. The largest absolute Gasteiger partial charge is 0.492 e. The molecule has 2 aliphatic rings. The van der Waals surface area contributed by atoms with E-state index in [1.807, 2.05) is 24.3 Å². The molecule has 0 radical (unpaired) electrons. The van der Waals surface area contributed by atoms with Crippen LogP contribution in [0.4, 0.5) is 5.95 Å². The first-order valence-electron chi connectivity index (χ1n) is 8.89. The number of fused-ring (bicyclic) bond motifs is 1. The van der Waals surface area contributed by atoms with E-state index in [0.29, 0.717) is 24.9 Å². The van der Waals surface area contributed by atoms with Crippen molar-refractivity contribution >= 4 is 11.9 Å². The molecule has 1 aromatic carbocycles. The first-order chi connectivity index (χ1) is 13.3. The van der Waals surface area contributed by atoms with Gasteiger partial charge in [0.2, 0.25) is 12.7 Å². The number of anilines is 1. The van der Waals surface area contributed by atoms with Crippen LogP contribution in [0.2, 0.25) is 0 Å². The molecule has 0 atom stereocenters. The lowest BCUT2D eigenvalue weighted by molar-refractivity contribution is 0.173. The summed E-state index contributed by atoms with van der Waals surface area (Å²) in [6.45, 7) is 4.39. The molecule has 3 heterocycles. The van der Waals surface area contributed by atoms with Crippen molar-refractivity contribution in [3.05, 3.63) is 36.7 Å². The zero-order valence-electron chi connectivity index (χ0n) is 15.0. The Kier molecular flexibility index (Phi) is 5.08. The number of nitrogens with two attached hydrogens (primary N) is 1. The Balaban J connectivity index is 1.22. The Bertz CT molecular complexity index is 793. The normalized spacial score (nSPS) is 16.5. The summed E-state index contributed by atoms with van der Waals surface area (Å²) < 4.78 is 16.3. The van der Waals surface area contributed by atoms with Crippen LogP contribution in [0.3, 0.4) is 0 Å². The topological polar surface area (TPSA) is 98.3 Å². The fraction of sp³-hybridized carbons (Fsp3) is 0.389. The van der Waals surface area contributed by atoms with E-state index in [4.69, 9.17) is 19.9 Å². The quantitative estimate of drug-likeness (QED) is 0.467. The lowest BCUT2D eigenvalue weighted by atomic mass is 10.3. The molecule has 27 heavy (non-hydrogen) atoms. The number of benzene rings is 1. The predicted molar refractivity (Wildman–Crippen MR) is 100 cm³/mol. The molecule has 2 N–H and O–H groups in total. The van der Waals surface area contributed by atoms with Crippen LogP contribution in [0.25, 0.3) is 0 Å². The van der Waals surface area contributed by atoms with E-state index in [0.717, 1.165) is 43.6 Å². The number of hydrogen-bond acceptors (Lipinski definition) is 7. The van der Waals surface area contributed by atoms with Gasteiger partial charge in [0, 0.05) is 44.6 Å². The molecule has 142 valence electrons. The molecule has 0 spiro atoms. The van der Waals surface area contributed by atoms with E-state index in [2.05, 4.69) is 24.8 Å². The number of aliphatic imine (C=N–C) groups is 1. The lowest BCUT2D eigenvalue weighted by Gasteiger charge is -2.35. The average Bonchev–Trinajstić information content (AvgIpc) is 3.20. The summed E-state index contributed by atoms with van der Waals surface area (Å²) in [6, 6.07) is 7.33. The molecule has 9 nitrogen and oxygen atoms in total. The van der Waals surface area contributed by atoms with E-state index in [1.54, 1.807) is 12.4 Å². The van der Waals surface area contributed by atoms with Gasteiger partial charge in [0.05, 0.1) is 6.54 Å². The van der Waals surface area contributed by atoms with Gasteiger partial charge in [-0.05, 0) is 18.2 Å². The molecule has 0 bridgehead atoms. The number of ether oxygens (including phenoxy) is 3. The standard InChI is InChI=1S/C18H22N6O3/c19-17(23-7-9-24(10-8-23)18-21-4-1-5-22-18)20-6-11-25-14-2-3-15-16(12-14)27-13-26-15/h1-5,12H,6-11,13H2,(H2,19,20). The Hall–Kier alpha value is -3.23. The Morgan fingerprint density at radius 2 is 1.89 bits per heavy atom. The van der Waals surface area contributed by atoms with Crippen molar-refractivity contribution in [3.8, 4) is 17.2 Å². The number of rotatable bonds is 5. The molecular formula is C18H22N6O3. The maximum atomic E-state index is 6.12. The third-order valence-corrected chi connectivity index (χ3v) is 4.42. The molecule has 1 fully saturated rings. The summed E-state index contributed by atoms with van der Waals surface area (Å²) in [5.74, 6) is 3.47. The lowest BCUT2D eigenvalue weighted by Crippen LogP contribution is -2.51. The Morgan fingerprint density at radius 3 is 2.70 bits per heavy atom. The third kappa shape index (κ3) is 4.13. The van der Waals surface area contributed by atoms with Crippen LogP contribution < -0.4 is 24.8 Å². The van der Waals surface area contributed by atoms with Crippen LogP contribution in [0.1, 0.15) is 0 Å². The zero-order chi connectivity index (χ0) is 18.5. The molecule has 0 saturated carbocycles. The van der Waals surface area contributed by atoms with Crippen LogP contribution in [0.15, 0.2) is 41.7 Å². The summed E-state index contributed by atoms with van der Waals surface area (Å²) in [7, 11) is 0. The summed E-state index contributed by atoms with van der Waals surface area (Å²) in [5, 5.41) is 0. The van der Waals surface area contributed by atoms with Crippen molar-refractivity contribution in [2.75, 3.05) is 51.0 Å². The Morgan fingerprint density at radius 1 is 1.11 bits per heavy atom. The van der Waals surface area contributed by atoms with Gasteiger partial charge < -0.3 is 29.7 Å². The summed E-state index contributed by atoms with van der Waals surface area (Å²) in [4.78, 5) is 17.2. The Labute approximate surface area is 157 Å². The van der Waals surface area contributed by atoms with Gasteiger partial charge in [-0.3, -0.25) is 0 Å². The molecule has 9 heteroatoms. The first kappa shape index (κ1) is 17.2. The zero-order valence-corrected chi connectivity index (χ0v) is 15.0. The second-order valence-electron chi connectivity index (χ2n) is 6.13. The minimum absolute atomic E-state index is 0.253. The second-order valence-corrected chi connectivity index (χ2v) is 6.13. The summed E-state index contributed by atoms with van der Waals surface area (Å²) >= 11 is 0. The first-order valence-corrected chi connectivity index (χ1v) is 8.89. The van der Waals surface area contributed by atoms with Crippen molar-refractivity contribution in [2.45, 2.75) is 0 Å². The van der Waals surface area contributed by atoms with Crippen molar-refractivity contribution in [2.24, 2.45) is 10.7 Å². The smallest absolute Gasteiger partial charge is 0.231 e. The number of nitrogens with zero attached hydrogens (tertiary/aromatic N) is 5. The van der Waals surface area contributed by atoms with E-state index >= 15 is 0 Å². The molecule has 0 unspecified atom stereocenters. The van der Waals surface area contributed by atoms with Crippen LogP contribution in [0.5, 0.6) is 17.2 Å². The van der Waals surface area contributed by atoms with Gasteiger partial charge in [-0.2, -0.15) is 0 Å². The third-order valence-electron chi connectivity index (χ3n) is 4.42. The molecule has 0 amide bonds. The molecule has 0 aliphatic carbocycles. The fourth-order valence-electron chi connectivity index (χ4n) is 2.98. The average molecular weight is 370 g/mol. The van der Waals surface area contributed by atoms with E-state index in [-0.39, 0.29) is 6.79 Å². The van der Waals surface area contributed by atoms with Gasteiger partial charge in [0.15, 0.2) is 17.5 Å². The van der Waals surface area contributed by atoms with Gasteiger partial charge in [-0.1, -0.05) is 0 Å². The van der Waals surface area contributed by atoms with Gasteiger partial charge in [-0.15, -0.1) is 0 Å². The number of hydrogen-bond donors (Lipinski definition) is 1. The molecule has 1 aromatic heterocycles. The number of piperazine rings is 1. The monoisotopic (exact) mass is 370 g/mol. The van der Waals surface area contributed by atoms with Crippen molar-refractivity contribution < 1.29 is 14.2 Å². The van der Waals surface area contributed by atoms with Gasteiger partial charge >= 0.3 is 0 Å². The maximum Gasteiger partial charge on any atom is 0.231 e. The number of guanidine groups is 1. The van der Waals surface area contributed by atoms with Gasteiger partial charge in [0.25, 0.3) is 0 Å². The molecular weight excluding hydrogens is 348 g/mol. The van der Waals surface area contributed by atoms with Gasteiger partial charge in [0.1, 0.15) is 12.4 Å². The summed E-state index contributed by atoms with van der Waals surface area (Å²) in [6.07, 6.45) is 3.51. The van der Waals surface area contributed by atoms with Crippen LogP contribution in [-0.4, -0.2) is 67.0 Å². The molecule has 2 aliphatic heterocycles. The van der Waals surface area contributed by atoms with Crippen molar-refractivity contribution in [1.29, 1.82) is 0 Å². The highest BCUT2D eigenvalue weighted by atomic mass is 16.7. The maximum absolute atomic E-state index is 6.12. The minimum atomic E-state index is 0.253. The molecule has 1 saturated heterocycles. The second kappa shape index (κ2) is 7.98. The highest BCUT2D eigenvalue weighted by Crippen LogP contribution is 2.34. The van der Waals surface area contributed by atoms with Crippen LogP contribution >= 0.6 is 0 Å². The van der Waals surface area contributed by atoms with E-state index < -0.39 is 0 Å². The van der Waals surface area contributed by atoms with Crippen molar-refractivity contribution in [3.63, 3.8) is 0 Å². The van der Waals surface area contributed by atoms with Crippen LogP contribution in [0, 0.1) is 0 Å². The number of aromatic nitrogens is 2. The van der Waals surface area contributed by atoms with Crippen LogP contribution in [-0.2, 0) is 0 Å². The minimum Gasteiger partial charge on any atom is -0.492 e. The molecule has 4 rings (SSSR count). The van der Waals surface area contributed by atoms with E-state index in [1.165, 1.54) is 0 Å².